The standard InChI is InChI=1S/C9H7ClN4S/c10-6-1-2-7(9(11)15)8(3-6)14-5-12-4-13-14/h1-5H,(H2,11,15). The highest BCUT2D eigenvalue weighted by Gasteiger charge is 2.08. The quantitative estimate of drug-likeness (QED) is 0.807. The van der Waals surface area contributed by atoms with E-state index < -0.39 is 0 Å². The first-order chi connectivity index (χ1) is 7.18. The SMILES string of the molecule is NC(=S)c1ccc(Cl)cc1-n1cncn1. The third kappa shape index (κ3) is 1.98. The van der Waals surface area contributed by atoms with E-state index in [4.69, 9.17) is 29.6 Å². The number of aromatic nitrogens is 3. The normalized spacial score (nSPS) is 10.2. The van der Waals surface area contributed by atoms with Crippen molar-refractivity contribution in [3.63, 3.8) is 0 Å². The van der Waals surface area contributed by atoms with E-state index >= 15 is 0 Å². The molecule has 2 aromatic rings. The lowest BCUT2D eigenvalue weighted by atomic mass is 10.2. The van der Waals surface area contributed by atoms with Crippen LogP contribution in [0.1, 0.15) is 5.56 Å². The Hall–Kier alpha value is -1.46. The Morgan fingerprint density at radius 3 is 2.87 bits per heavy atom. The van der Waals surface area contributed by atoms with Crippen LogP contribution in [-0.4, -0.2) is 19.8 Å². The molecule has 2 rings (SSSR count). The summed E-state index contributed by atoms with van der Waals surface area (Å²) in [6, 6.07) is 5.24. The van der Waals surface area contributed by atoms with E-state index in [1.807, 2.05) is 0 Å². The van der Waals surface area contributed by atoms with Gasteiger partial charge in [-0.3, -0.25) is 0 Å². The second kappa shape index (κ2) is 3.96. The highest BCUT2D eigenvalue weighted by Crippen LogP contribution is 2.19. The van der Waals surface area contributed by atoms with Crippen molar-refractivity contribution >= 4 is 28.8 Å². The van der Waals surface area contributed by atoms with Crippen molar-refractivity contribution in [1.82, 2.24) is 14.8 Å². The molecule has 0 aliphatic rings. The third-order valence-corrected chi connectivity index (χ3v) is 2.35. The summed E-state index contributed by atoms with van der Waals surface area (Å²) in [5.41, 5.74) is 7.05. The zero-order valence-electron chi connectivity index (χ0n) is 7.59. The molecule has 0 saturated carbocycles. The molecule has 1 aromatic heterocycles. The van der Waals surface area contributed by atoms with E-state index in [0.717, 1.165) is 11.3 Å². The Bertz CT molecular complexity index is 495. The Labute approximate surface area is 96.7 Å². The molecular formula is C9H7ClN4S. The van der Waals surface area contributed by atoms with Gasteiger partial charge in [-0.1, -0.05) is 23.8 Å². The van der Waals surface area contributed by atoms with Crippen LogP contribution in [0.3, 0.4) is 0 Å². The lowest BCUT2D eigenvalue weighted by Crippen LogP contribution is -2.13. The number of rotatable bonds is 2. The van der Waals surface area contributed by atoms with Crippen molar-refractivity contribution in [3.8, 4) is 5.69 Å². The summed E-state index contributed by atoms with van der Waals surface area (Å²) in [7, 11) is 0. The van der Waals surface area contributed by atoms with Crippen LogP contribution in [0.15, 0.2) is 30.9 Å². The van der Waals surface area contributed by atoms with Crippen molar-refractivity contribution in [2.75, 3.05) is 0 Å². The maximum absolute atomic E-state index is 5.89. The fourth-order valence-corrected chi connectivity index (χ4v) is 1.57. The first-order valence-electron chi connectivity index (χ1n) is 4.13. The minimum atomic E-state index is 0.303. The number of benzene rings is 1. The van der Waals surface area contributed by atoms with Gasteiger partial charge in [0, 0.05) is 10.6 Å². The molecule has 6 heteroatoms. The van der Waals surface area contributed by atoms with Gasteiger partial charge in [-0.2, -0.15) is 5.10 Å². The van der Waals surface area contributed by atoms with Crippen molar-refractivity contribution in [1.29, 1.82) is 0 Å². The molecule has 76 valence electrons. The first-order valence-corrected chi connectivity index (χ1v) is 4.91. The van der Waals surface area contributed by atoms with Crippen LogP contribution in [0.2, 0.25) is 5.02 Å². The molecule has 0 unspecified atom stereocenters. The molecule has 15 heavy (non-hydrogen) atoms. The summed E-state index contributed by atoms with van der Waals surface area (Å²) >= 11 is 10.8. The Morgan fingerprint density at radius 1 is 1.47 bits per heavy atom. The van der Waals surface area contributed by atoms with E-state index in [2.05, 4.69) is 10.1 Å². The number of hydrogen-bond acceptors (Lipinski definition) is 3. The summed E-state index contributed by atoms with van der Waals surface area (Å²) in [6.45, 7) is 0. The molecule has 0 spiro atoms. The average molecular weight is 239 g/mol. The maximum Gasteiger partial charge on any atom is 0.138 e. The third-order valence-electron chi connectivity index (χ3n) is 1.89. The minimum Gasteiger partial charge on any atom is -0.389 e. The highest BCUT2D eigenvalue weighted by molar-refractivity contribution is 7.80. The fraction of sp³-hybridized carbons (Fsp3) is 0. The van der Waals surface area contributed by atoms with Gasteiger partial charge in [0.05, 0.1) is 5.69 Å². The van der Waals surface area contributed by atoms with Gasteiger partial charge in [0.25, 0.3) is 0 Å². The molecule has 0 fully saturated rings. The molecule has 0 radical (unpaired) electrons. The van der Waals surface area contributed by atoms with Gasteiger partial charge in [0.2, 0.25) is 0 Å². The minimum absolute atomic E-state index is 0.303. The Kier molecular flexibility index (Phi) is 2.66. The molecule has 0 amide bonds. The maximum atomic E-state index is 5.89. The molecule has 2 N–H and O–H groups in total. The van der Waals surface area contributed by atoms with Gasteiger partial charge in [-0.15, -0.1) is 0 Å². The second-order valence-corrected chi connectivity index (χ2v) is 3.74. The monoisotopic (exact) mass is 238 g/mol. The van der Waals surface area contributed by atoms with Crippen LogP contribution in [-0.2, 0) is 0 Å². The lowest BCUT2D eigenvalue weighted by molar-refractivity contribution is 0.877. The molecule has 0 saturated heterocycles. The number of hydrogen-bond donors (Lipinski definition) is 1. The topological polar surface area (TPSA) is 56.7 Å². The van der Waals surface area contributed by atoms with Crippen LogP contribution in [0.25, 0.3) is 5.69 Å². The first kappa shape index (κ1) is 10.1. The summed E-state index contributed by atoms with van der Waals surface area (Å²) in [5.74, 6) is 0. The van der Waals surface area contributed by atoms with E-state index in [1.54, 1.807) is 29.2 Å². The number of thiocarbonyl (C=S) groups is 1. The van der Waals surface area contributed by atoms with E-state index in [9.17, 15) is 0 Å². The average Bonchev–Trinajstić information content (AvgIpc) is 2.69. The Balaban J connectivity index is 2.63. The van der Waals surface area contributed by atoms with Gasteiger partial charge in [-0.25, -0.2) is 9.67 Å². The van der Waals surface area contributed by atoms with E-state index in [0.29, 0.717) is 10.0 Å². The van der Waals surface area contributed by atoms with Crippen molar-refractivity contribution in [2.45, 2.75) is 0 Å². The smallest absolute Gasteiger partial charge is 0.138 e. The molecule has 4 nitrogen and oxygen atoms in total. The van der Waals surface area contributed by atoms with Crippen molar-refractivity contribution in [3.05, 3.63) is 41.4 Å². The van der Waals surface area contributed by atoms with Crippen LogP contribution in [0.5, 0.6) is 0 Å². The summed E-state index contributed by atoms with van der Waals surface area (Å²) < 4.78 is 1.57. The molecule has 0 atom stereocenters. The predicted molar refractivity (Wildman–Crippen MR) is 62.3 cm³/mol. The summed E-state index contributed by atoms with van der Waals surface area (Å²) in [6.07, 6.45) is 3.00. The number of nitrogens with two attached hydrogens (primary N) is 1. The summed E-state index contributed by atoms with van der Waals surface area (Å²) in [5, 5.41) is 4.60. The van der Waals surface area contributed by atoms with Crippen LogP contribution < -0.4 is 5.73 Å². The van der Waals surface area contributed by atoms with Gasteiger partial charge in [0.1, 0.15) is 17.6 Å². The largest absolute Gasteiger partial charge is 0.389 e. The van der Waals surface area contributed by atoms with E-state index in [-0.39, 0.29) is 0 Å². The molecule has 1 heterocycles. The van der Waals surface area contributed by atoms with Gasteiger partial charge in [0.15, 0.2) is 0 Å². The molecule has 1 aromatic carbocycles. The number of nitrogens with zero attached hydrogens (tertiary/aromatic N) is 3. The zero-order valence-corrected chi connectivity index (χ0v) is 9.16. The molecule has 0 bridgehead atoms. The van der Waals surface area contributed by atoms with Crippen LogP contribution >= 0.6 is 23.8 Å². The Morgan fingerprint density at radius 2 is 2.27 bits per heavy atom. The molecule has 0 aliphatic heterocycles. The molecular weight excluding hydrogens is 232 g/mol. The fourth-order valence-electron chi connectivity index (χ4n) is 1.24. The van der Waals surface area contributed by atoms with Gasteiger partial charge in [-0.05, 0) is 18.2 Å². The van der Waals surface area contributed by atoms with Gasteiger partial charge >= 0.3 is 0 Å². The van der Waals surface area contributed by atoms with Crippen LogP contribution in [0, 0.1) is 0 Å². The zero-order chi connectivity index (χ0) is 10.8. The second-order valence-electron chi connectivity index (χ2n) is 2.87. The van der Waals surface area contributed by atoms with E-state index in [1.165, 1.54) is 6.33 Å². The van der Waals surface area contributed by atoms with Crippen LogP contribution in [0.4, 0.5) is 0 Å². The lowest BCUT2D eigenvalue weighted by Gasteiger charge is -2.07. The molecule has 0 aliphatic carbocycles. The van der Waals surface area contributed by atoms with Gasteiger partial charge < -0.3 is 5.73 Å². The number of halogens is 1. The van der Waals surface area contributed by atoms with Crippen molar-refractivity contribution in [2.24, 2.45) is 5.73 Å². The highest BCUT2D eigenvalue weighted by atomic mass is 35.5. The van der Waals surface area contributed by atoms with Crippen molar-refractivity contribution < 1.29 is 0 Å². The summed E-state index contributed by atoms with van der Waals surface area (Å²) in [4.78, 5) is 4.16. The predicted octanol–water partition coefficient (Wildman–Crippen LogP) is 1.55.